The highest BCUT2D eigenvalue weighted by Crippen LogP contribution is 2.21. The predicted molar refractivity (Wildman–Crippen MR) is 63.2 cm³/mol. The Morgan fingerprint density at radius 3 is 2.43 bits per heavy atom. The lowest BCUT2D eigenvalue weighted by molar-refractivity contribution is 1.05. The van der Waals surface area contributed by atoms with Crippen LogP contribution in [0.1, 0.15) is 5.56 Å². The van der Waals surface area contributed by atoms with E-state index in [-0.39, 0.29) is 18.4 Å². The normalized spacial score (nSPS) is 9.00. The average Bonchev–Trinajstić information content (AvgIpc) is 2.02. The highest BCUT2D eigenvalue weighted by atomic mass is 35.5. The summed E-state index contributed by atoms with van der Waals surface area (Å²) >= 11 is 11.6. The largest absolute Gasteiger partial charge is 0.370 e. The van der Waals surface area contributed by atoms with E-state index in [9.17, 15) is 0 Å². The van der Waals surface area contributed by atoms with E-state index in [4.69, 9.17) is 34.7 Å². The van der Waals surface area contributed by atoms with Crippen LogP contribution in [-0.2, 0) is 6.54 Å². The summed E-state index contributed by atoms with van der Waals surface area (Å²) in [6.45, 7) is 0.373. The fourth-order valence-corrected chi connectivity index (χ4v) is 1.29. The van der Waals surface area contributed by atoms with Crippen LogP contribution in [0.25, 0.3) is 0 Å². The van der Waals surface area contributed by atoms with E-state index in [2.05, 4.69) is 4.99 Å². The van der Waals surface area contributed by atoms with Gasteiger partial charge in [-0.05, 0) is 17.7 Å². The molecular formula is C8H10Cl3N3. The Balaban J connectivity index is 0.00000169. The zero-order chi connectivity index (χ0) is 9.84. The van der Waals surface area contributed by atoms with Crippen molar-refractivity contribution < 1.29 is 0 Å². The molecule has 0 aromatic heterocycles. The van der Waals surface area contributed by atoms with Crippen molar-refractivity contribution in [2.75, 3.05) is 0 Å². The minimum absolute atomic E-state index is 0. The second-order valence-electron chi connectivity index (χ2n) is 2.48. The molecule has 0 aliphatic rings. The third-order valence-corrected chi connectivity index (χ3v) is 2.03. The first kappa shape index (κ1) is 13.4. The van der Waals surface area contributed by atoms with Crippen LogP contribution in [0.5, 0.6) is 0 Å². The van der Waals surface area contributed by atoms with Crippen molar-refractivity contribution in [2.45, 2.75) is 6.54 Å². The smallest absolute Gasteiger partial charge is 0.186 e. The molecule has 1 rings (SSSR count). The van der Waals surface area contributed by atoms with Crippen LogP contribution >= 0.6 is 35.6 Å². The van der Waals surface area contributed by atoms with Crippen LogP contribution in [0, 0.1) is 0 Å². The summed E-state index contributed by atoms with van der Waals surface area (Å²) in [5.74, 6) is 0.0472. The lowest BCUT2D eigenvalue weighted by Gasteiger charge is -2.00. The molecule has 0 saturated carbocycles. The van der Waals surface area contributed by atoms with Crippen LogP contribution in [0.4, 0.5) is 0 Å². The van der Waals surface area contributed by atoms with Gasteiger partial charge in [0, 0.05) is 10.0 Å². The molecule has 1 aromatic rings. The van der Waals surface area contributed by atoms with Crippen molar-refractivity contribution in [3.63, 3.8) is 0 Å². The molecule has 0 unspecified atom stereocenters. The molecule has 0 bridgehead atoms. The molecule has 0 aliphatic carbocycles. The number of aliphatic imine (C=N–C) groups is 1. The summed E-state index contributed by atoms with van der Waals surface area (Å²) < 4.78 is 0. The van der Waals surface area contributed by atoms with E-state index in [1.807, 2.05) is 0 Å². The second kappa shape index (κ2) is 5.96. The number of halogens is 3. The molecule has 0 aliphatic heterocycles. The maximum atomic E-state index is 5.88. The van der Waals surface area contributed by atoms with E-state index in [0.717, 1.165) is 5.56 Å². The van der Waals surface area contributed by atoms with Gasteiger partial charge in [-0.2, -0.15) is 0 Å². The summed E-state index contributed by atoms with van der Waals surface area (Å²) in [5, 5.41) is 1.16. The summed E-state index contributed by atoms with van der Waals surface area (Å²) in [5.41, 5.74) is 11.2. The van der Waals surface area contributed by atoms with Gasteiger partial charge in [-0.25, -0.2) is 4.99 Å². The van der Waals surface area contributed by atoms with Crippen molar-refractivity contribution in [2.24, 2.45) is 16.5 Å². The number of nitrogens with two attached hydrogens (primary N) is 2. The van der Waals surface area contributed by atoms with E-state index >= 15 is 0 Å². The van der Waals surface area contributed by atoms with E-state index in [1.165, 1.54) is 0 Å². The molecule has 14 heavy (non-hydrogen) atoms. The van der Waals surface area contributed by atoms with Crippen molar-refractivity contribution >= 4 is 41.6 Å². The van der Waals surface area contributed by atoms with Gasteiger partial charge in [-0.15, -0.1) is 12.4 Å². The van der Waals surface area contributed by atoms with Gasteiger partial charge in [-0.3, -0.25) is 0 Å². The molecule has 78 valence electrons. The van der Waals surface area contributed by atoms with Gasteiger partial charge in [-0.1, -0.05) is 29.3 Å². The molecule has 1 aromatic carbocycles. The molecular weight excluding hydrogens is 244 g/mol. The second-order valence-corrected chi connectivity index (χ2v) is 3.32. The van der Waals surface area contributed by atoms with Crippen LogP contribution in [0.15, 0.2) is 23.2 Å². The molecule has 0 atom stereocenters. The van der Waals surface area contributed by atoms with E-state index in [0.29, 0.717) is 16.6 Å². The third-order valence-electron chi connectivity index (χ3n) is 1.45. The number of guanidine groups is 1. The first-order valence-electron chi connectivity index (χ1n) is 3.59. The third kappa shape index (κ3) is 4.05. The molecule has 4 N–H and O–H groups in total. The van der Waals surface area contributed by atoms with Gasteiger partial charge in [0.1, 0.15) is 0 Å². The van der Waals surface area contributed by atoms with Gasteiger partial charge in [0.05, 0.1) is 6.54 Å². The van der Waals surface area contributed by atoms with Gasteiger partial charge < -0.3 is 11.5 Å². The van der Waals surface area contributed by atoms with Crippen molar-refractivity contribution in [3.05, 3.63) is 33.8 Å². The lowest BCUT2D eigenvalue weighted by atomic mass is 10.2. The minimum Gasteiger partial charge on any atom is -0.370 e. The fraction of sp³-hybridized carbons (Fsp3) is 0.125. The topological polar surface area (TPSA) is 64.4 Å². The Bertz CT molecular complexity index is 335. The molecule has 0 radical (unpaired) electrons. The molecule has 0 heterocycles. The highest BCUT2D eigenvalue weighted by molar-refractivity contribution is 6.35. The predicted octanol–water partition coefficient (Wildman–Crippen LogP) is 2.19. The molecule has 6 heteroatoms. The molecule has 0 spiro atoms. The maximum absolute atomic E-state index is 5.88. The number of nitrogens with zero attached hydrogens (tertiary/aromatic N) is 1. The van der Waals surface area contributed by atoms with Crippen LogP contribution in [0.2, 0.25) is 10.0 Å². The average molecular weight is 255 g/mol. The van der Waals surface area contributed by atoms with Gasteiger partial charge in [0.2, 0.25) is 0 Å². The van der Waals surface area contributed by atoms with Crippen LogP contribution in [-0.4, -0.2) is 5.96 Å². The van der Waals surface area contributed by atoms with Crippen molar-refractivity contribution in [3.8, 4) is 0 Å². The molecule has 0 amide bonds. The van der Waals surface area contributed by atoms with Gasteiger partial charge in [0.15, 0.2) is 5.96 Å². The van der Waals surface area contributed by atoms with Crippen molar-refractivity contribution in [1.82, 2.24) is 0 Å². The Kier molecular flexibility index (Phi) is 5.69. The molecule has 0 fully saturated rings. The summed E-state index contributed by atoms with van der Waals surface area (Å²) in [6, 6.07) is 5.18. The van der Waals surface area contributed by atoms with E-state index < -0.39 is 0 Å². The SMILES string of the molecule is Cl.NC(N)=NCc1ccc(Cl)cc1Cl. The number of benzene rings is 1. The number of hydrogen-bond donors (Lipinski definition) is 2. The first-order chi connectivity index (χ1) is 6.09. The Morgan fingerprint density at radius 1 is 1.29 bits per heavy atom. The summed E-state index contributed by atoms with van der Waals surface area (Å²) in [4.78, 5) is 3.83. The number of rotatable bonds is 2. The Hall–Kier alpha value is -0.640. The lowest BCUT2D eigenvalue weighted by Crippen LogP contribution is -2.22. The quantitative estimate of drug-likeness (QED) is 0.628. The van der Waals surface area contributed by atoms with Crippen LogP contribution in [0.3, 0.4) is 0 Å². The highest BCUT2D eigenvalue weighted by Gasteiger charge is 1.99. The number of hydrogen-bond acceptors (Lipinski definition) is 1. The fourth-order valence-electron chi connectivity index (χ4n) is 0.826. The monoisotopic (exact) mass is 253 g/mol. The summed E-state index contributed by atoms with van der Waals surface area (Å²) in [7, 11) is 0. The van der Waals surface area contributed by atoms with Crippen LogP contribution < -0.4 is 11.5 Å². The molecule has 0 saturated heterocycles. The van der Waals surface area contributed by atoms with Gasteiger partial charge >= 0.3 is 0 Å². The standard InChI is InChI=1S/C8H9Cl2N3.ClH/c9-6-2-1-5(7(10)3-6)4-13-8(11)12;/h1-3H,4H2,(H4,11,12,13);1H. The minimum atomic E-state index is 0. The van der Waals surface area contributed by atoms with Crippen molar-refractivity contribution in [1.29, 1.82) is 0 Å². The Labute approximate surface area is 98.5 Å². The zero-order valence-corrected chi connectivity index (χ0v) is 9.53. The Morgan fingerprint density at radius 2 is 1.93 bits per heavy atom. The first-order valence-corrected chi connectivity index (χ1v) is 4.34. The van der Waals surface area contributed by atoms with E-state index in [1.54, 1.807) is 18.2 Å². The summed E-state index contributed by atoms with van der Waals surface area (Å²) in [6.07, 6.45) is 0. The zero-order valence-electron chi connectivity index (χ0n) is 7.21. The molecule has 3 nitrogen and oxygen atoms in total. The maximum Gasteiger partial charge on any atom is 0.186 e. The van der Waals surface area contributed by atoms with Gasteiger partial charge in [0.25, 0.3) is 0 Å².